The quantitative estimate of drug-likeness (QED) is 0.616. The van der Waals surface area contributed by atoms with Gasteiger partial charge in [0.05, 0.1) is 11.4 Å². The Bertz CT molecular complexity index is 965. The first-order valence-corrected chi connectivity index (χ1v) is 13.8. The van der Waals surface area contributed by atoms with Crippen LogP contribution >= 0.6 is 11.8 Å². The molecule has 3 fully saturated rings. The van der Waals surface area contributed by atoms with Gasteiger partial charge in [0.2, 0.25) is 0 Å². The molecule has 6 atom stereocenters. The van der Waals surface area contributed by atoms with Gasteiger partial charge in [-0.3, -0.25) is 19.6 Å². The second-order valence-corrected chi connectivity index (χ2v) is 12.4. The monoisotopic (exact) mass is 468 g/mol. The molecule has 6 heteroatoms. The second-order valence-electron chi connectivity index (χ2n) is 11.2. The molecular weight excluding hydrogens is 432 g/mol. The highest BCUT2D eigenvalue weighted by molar-refractivity contribution is 7.99. The standard InChI is InChI=1S/C27H36N2O3S/c1-25-9-5-20(30)15-18(25)3-4-21-22(25)6-10-26(2)23(21)7-11-27(26,32)24(31)17-33-14-8-19-16-28-12-13-29-19/h12-13,15-16,21-23,32H,3-11,14,17H2,1-2H3/t21?,22?,23?,25?,26?,27-/m0/s1. The van der Waals surface area contributed by atoms with Crippen LogP contribution in [0, 0.1) is 28.6 Å². The highest BCUT2D eigenvalue weighted by Gasteiger charge is 2.65. The summed E-state index contributed by atoms with van der Waals surface area (Å²) in [4.78, 5) is 33.8. The van der Waals surface area contributed by atoms with Crippen LogP contribution in [0.1, 0.15) is 70.9 Å². The van der Waals surface area contributed by atoms with Crippen molar-refractivity contribution in [1.29, 1.82) is 0 Å². The van der Waals surface area contributed by atoms with Gasteiger partial charge in [-0.25, -0.2) is 0 Å². The van der Waals surface area contributed by atoms with E-state index in [-0.39, 0.29) is 16.6 Å². The predicted molar refractivity (Wildman–Crippen MR) is 130 cm³/mol. The zero-order chi connectivity index (χ0) is 23.3. The first-order chi connectivity index (χ1) is 15.8. The topological polar surface area (TPSA) is 80.1 Å². The Hall–Kier alpha value is -1.53. The summed E-state index contributed by atoms with van der Waals surface area (Å²) in [5.74, 6) is 2.98. The molecule has 0 amide bonds. The molecule has 0 aliphatic heterocycles. The third-order valence-corrected chi connectivity index (χ3v) is 10.9. The number of aromatic nitrogens is 2. The van der Waals surface area contributed by atoms with Gasteiger partial charge in [0.15, 0.2) is 11.6 Å². The summed E-state index contributed by atoms with van der Waals surface area (Å²) in [6.45, 7) is 4.58. The lowest BCUT2D eigenvalue weighted by atomic mass is 9.46. The number of hydrogen-bond donors (Lipinski definition) is 1. The summed E-state index contributed by atoms with van der Waals surface area (Å²) < 4.78 is 0. The van der Waals surface area contributed by atoms with Crippen molar-refractivity contribution < 1.29 is 14.7 Å². The van der Waals surface area contributed by atoms with Gasteiger partial charge in [0, 0.05) is 36.8 Å². The van der Waals surface area contributed by atoms with Crippen molar-refractivity contribution in [1.82, 2.24) is 9.97 Å². The Morgan fingerprint density at radius 2 is 1.94 bits per heavy atom. The first-order valence-electron chi connectivity index (χ1n) is 12.6. The SMILES string of the molecule is CC12CCC(=O)C=C1CCC1C2CCC2(C)C1CC[C@]2(O)C(=O)CSCCc1cnccn1. The van der Waals surface area contributed by atoms with Crippen LogP contribution in [0.15, 0.2) is 30.2 Å². The van der Waals surface area contributed by atoms with E-state index in [9.17, 15) is 14.7 Å². The van der Waals surface area contributed by atoms with E-state index in [0.717, 1.165) is 56.4 Å². The van der Waals surface area contributed by atoms with Crippen molar-refractivity contribution in [3.63, 3.8) is 0 Å². The number of carbonyl (C=O) groups is 2. The fraction of sp³-hybridized carbons (Fsp3) is 0.704. The first kappa shape index (κ1) is 23.2. The lowest BCUT2D eigenvalue weighted by molar-refractivity contribution is -0.159. The minimum atomic E-state index is -1.21. The van der Waals surface area contributed by atoms with E-state index in [1.807, 2.05) is 6.08 Å². The van der Waals surface area contributed by atoms with Gasteiger partial charge in [0.25, 0.3) is 0 Å². The third kappa shape index (κ3) is 3.72. The van der Waals surface area contributed by atoms with Crippen LogP contribution < -0.4 is 0 Å². The summed E-state index contributed by atoms with van der Waals surface area (Å²) in [7, 11) is 0. The number of Topliss-reactive ketones (excluding diaryl/α,β-unsaturated/α-hetero) is 1. The van der Waals surface area contributed by atoms with E-state index in [1.54, 1.807) is 30.4 Å². The van der Waals surface area contributed by atoms with E-state index < -0.39 is 5.60 Å². The highest BCUT2D eigenvalue weighted by Crippen LogP contribution is 2.67. The van der Waals surface area contributed by atoms with E-state index in [2.05, 4.69) is 23.8 Å². The van der Waals surface area contributed by atoms with Crippen LogP contribution in [0.3, 0.4) is 0 Å². The molecular formula is C27H36N2O3S. The number of aliphatic hydroxyl groups is 1. The van der Waals surface area contributed by atoms with Gasteiger partial charge in [-0.1, -0.05) is 19.4 Å². The van der Waals surface area contributed by atoms with Crippen molar-refractivity contribution in [2.45, 2.75) is 77.2 Å². The number of fused-ring (bicyclic) bond motifs is 5. The van der Waals surface area contributed by atoms with Gasteiger partial charge in [-0.05, 0) is 79.9 Å². The van der Waals surface area contributed by atoms with Gasteiger partial charge < -0.3 is 5.11 Å². The van der Waals surface area contributed by atoms with E-state index in [4.69, 9.17) is 0 Å². The molecule has 5 unspecified atom stereocenters. The third-order valence-electron chi connectivity index (χ3n) is 9.93. The maximum Gasteiger partial charge on any atom is 0.174 e. The van der Waals surface area contributed by atoms with Crippen LogP contribution in [0.4, 0.5) is 0 Å². The Kier molecular flexibility index (Phi) is 6.05. The Labute approximate surface area is 201 Å². The normalized spacial score (nSPS) is 39.9. The van der Waals surface area contributed by atoms with Gasteiger partial charge in [0.1, 0.15) is 5.60 Å². The molecule has 5 rings (SSSR count). The highest BCUT2D eigenvalue weighted by atomic mass is 32.2. The van der Waals surface area contributed by atoms with Gasteiger partial charge >= 0.3 is 0 Å². The number of rotatable bonds is 6. The maximum absolute atomic E-state index is 13.4. The van der Waals surface area contributed by atoms with Crippen molar-refractivity contribution in [3.05, 3.63) is 35.9 Å². The number of carbonyl (C=O) groups excluding carboxylic acids is 2. The van der Waals surface area contributed by atoms with Crippen LogP contribution in [0.5, 0.6) is 0 Å². The molecule has 0 spiro atoms. The van der Waals surface area contributed by atoms with Crippen LogP contribution in [0.2, 0.25) is 0 Å². The van der Waals surface area contributed by atoms with E-state index in [0.29, 0.717) is 42.1 Å². The number of nitrogens with zero attached hydrogens (tertiary/aromatic N) is 2. The van der Waals surface area contributed by atoms with Crippen LogP contribution in [-0.4, -0.2) is 43.7 Å². The molecule has 0 saturated heterocycles. The molecule has 1 aromatic heterocycles. The van der Waals surface area contributed by atoms with Crippen molar-refractivity contribution in [2.24, 2.45) is 28.6 Å². The smallest absolute Gasteiger partial charge is 0.174 e. The molecule has 0 bridgehead atoms. The number of allylic oxidation sites excluding steroid dienone is 1. The summed E-state index contributed by atoms with van der Waals surface area (Å²) in [5.41, 5.74) is 0.887. The molecule has 4 aliphatic rings. The molecule has 3 saturated carbocycles. The van der Waals surface area contributed by atoms with Crippen LogP contribution in [0.25, 0.3) is 0 Å². The van der Waals surface area contributed by atoms with Crippen molar-refractivity contribution >= 4 is 23.3 Å². The molecule has 1 heterocycles. The molecule has 1 N–H and O–H groups in total. The summed E-state index contributed by atoms with van der Waals surface area (Å²) >= 11 is 1.60. The van der Waals surface area contributed by atoms with Crippen molar-refractivity contribution in [3.8, 4) is 0 Å². The number of thioether (sulfide) groups is 1. The molecule has 33 heavy (non-hydrogen) atoms. The number of hydrogen-bond acceptors (Lipinski definition) is 6. The van der Waals surface area contributed by atoms with Gasteiger partial charge in [-0.2, -0.15) is 11.8 Å². The zero-order valence-corrected chi connectivity index (χ0v) is 20.7. The van der Waals surface area contributed by atoms with Gasteiger partial charge in [-0.15, -0.1) is 0 Å². The molecule has 0 radical (unpaired) electrons. The lowest BCUT2D eigenvalue weighted by Crippen LogP contribution is -2.58. The largest absolute Gasteiger partial charge is 0.381 e. The lowest BCUT2D eigenvalue weighted by Gasteiger charge is -2.58. The molecule has 178 valence electrons. The minimum absolute atomic E-state index is 0.0148. The van der Waals surface area contributed by atoms with E-state index >= 15 is 0 Å². The average molecular weight is 469 g/mol. The average Bonchev–Trinajstić information content (AvgIpc) is 3.09. The molecule has 4 aliphatic carbocycles. The zero-order valence-electron chi connectivity index (χ0n) is 19.9. The Balaban J connectivity index is 1.27. The summed E-state index contributed by atoms with van der Waals surface area (Å²) in [6.07, 6.45) is 15.1. The predicted octanol–water partition coefficient (Wildman–Crippen LogP) is 4.58. The fourth-order valence-corrected chi connectivity index (χ4v) is 8.88. The molecule has 0 aromatic carbocycles. The van der Waals surface area contributed by atoms with E-state index in [1.165, 1.54) is 5.57 Å². The molecule has 1 aromatic rings. The maximum atomic E-state index is 13.4. The minimum Gasteiger partial charge on any atom is -0.381 e. The van der Waals surface area contributed by atoms with Crippen molar-refractivity contribution in [2.75, 3.05) is 11.5 Å². The second kappa shape index (κ2) is 8.60. The summed E-state index contributed by atoms with van der Waals surface area (Å²) in [6, 6.07) is 0. The Morgan fingerprint density at radius 3 is 2.73 bits per heavy atom. The summed E-state index contributed by atoms with van der Waals surface area (Å²) in [5, 5.41) is 11.8. The molecule has 5 nitrogen and oxygen atoms in total. The van der Waals surface area contributed by atoms with Crippen LogP contribution in [-0.2, 0) is 16.0 Å². The number of ketones is 2. The Morgan fingerprint density at radius 1 is 1.12 bits per heavy atom. The fourth-order valence-electron chi connectivity index (χ4n) is 7.95. The number of aryl methyl sites for hydroxylation is 1.